The van der Waals surface area contributed by atoms with Crippen molar-refractivity contribution in [1.82, 2.24) is 9.97 Å². The average molecular weight is 412 g/mol. The first-order valence-corrected chi connectivity index (χ1v) is 9.27. The van der Waals surface area contributed by atoms with Crippen LogP contribution >= 0.6 is 23.2 Å². The van der Waals surface area contributed by atoms with Crippen molar-refractivity contribution >= 4 is 45.9 Å². The number of nitrogens with one attached hydrogen (secondary N) is 1. The molecule has 7 heteroatoms. The number of benzene rings is 2. The number of rotatable bonds is 3. The van der Waals surface area contributed by atoms with Crippen LogP contribution < -0.4 is 5.32 Å². The molecule has 0 spiro atoms. The van der Waals surface area contributed by atoms with E-state index < -0.39 is 5.91 Å². The summed E-state index contributed by atoms with van der Waals surface area (Å²) in [6.45, 7) is 4.00. The van der Waals surface area contributed by atoms with Crippen molar-refractivity contribution in [3.8, 4) is 11.5 Å². The van der Waals surface area contributed by atoms with E-state index in [-0.39, 0.29) is 10.7 Å². The predicted octanol–water partition coefficient (Wildman–Crippen LogP) is 6.07. The van der Waals surface area contributed by atoms with Gasteiger partial charge in [0.1, 0.15) is 10.7 Å². The van der Waals surface area contributed by atoms with Crippen molar-refractivity contribution in [2.24, 2.45) is 0 Å². The van der Waals surface area contributed by atoms with Crippen LogP contribution in [-0.4, -0.2) is 15.9 Å². The smallest absolute Gasteiger partial charge is 0.258 e. The molecule has 0 aliphatic carbocycles. The summed E-state index contributed by atoms with van der Waals surface area (Å²) in [7, 11) is 0. The van der Waals surface area contributed by atoms with Gasteiger partial charge in [0.2, 0.25) is 5.89 Å². The Morgan fingerprint density at radius 1 is 1.11 bits per heavy atom. The fraction of sp³-hybridized carbons (Fsp3) is 0.0952. The summed E-state index contributed by atoms with van der Waals surface area (Å²) in [5.41, 5.74) is 5.05. The van der Waals surface area contributed by atoms with Gasteiger partial charge in [-0.1, -0.05) is 29.3 Å². The Balaban J connectivity index is 1.71. The molecule has 2 aromatic heterocycles. The summed E-state index contributed by atoms with van der Waals surface area (Å²) in [5.74, 6) is 0.0523. The van der Waals surface area contributed by atoms with Crippen molar-refractivity contribution in [2.45, 2.75) is 13.8 Å². The molecule has 0 bridgehead atoms. The fourth-order valence-corrected chi connectivity index (χ4v) is 3.37. The van der Waals surface area contributed by atoms with Crippen LogP contribution in [0.25, 0.3) is 22.6 Å². The highest BCUT2D eigenvalue weighted by Gasteiger charge is 2.16. The molecule has 4 aromatic rings. The van der Waals surface area contributed by atoms with Crippen LogP contribution in [0.1, 0.15) is 21.5 Å². The lowest BCUT2D eigenvalue weighted by molar-refractivity contribution is 0.102. The number of anilines is 1. The van der Waals surface area contributed by atoms with E-state index in [1.165, 1.54) is 6.20 Å². The zero-order valence-corrected chi connectivity index (χ0v) is 16.6. The monoisotopic (exact) mass is 411 g/mol. The summed E-state index contributed by atoms with van der Waals surface area (Å²) in [6.07, 6.45) is 1.52. The van der Waals surface area contributed by atoms with Gasteiger partial charge in [-0.05, 0) is 61.4 Å². The molecule has 28 heavy (non-hydrogen) atoms. The molecular weight excluding hydrogens is 397 g/mol. The topological polar surface area (TPSA) is 68.0 Å². The lowest BCUT2D eigenvalue weighted by Gasteiger charge is -2.09. The third-order valence-electron chi connectivity index (χ3n) is 4.29. The zero-order valence-electron chi connectivity index (χ0n) is 15.1. The maximum Gasteiger partial charge on any atom is 0.258 e. The molecule has 0 saturated heterocycles. The van der Waals surface area contributed by atoms with Crippen LogP contribution in [0.2, 0.25) is 10.2 Å². The Labute approximate surface area is 171 Å². The summed E-state index contributed by atoms with van der Waals surface area (Å²) in [6, 6.07) is 12.4. The predicted molar refractivity (Wildman–Crippen MR) is 111 cm³/mol. The summed E-state index contributed by atoms with van der Waals surface area (Å²) >= 11 is 12.3. The van der Waals surface area contributed by atoms with E-state index >= 15 is 0 Å². The number of oxazole rings is 1. The normalized spacial score (nSPS) is 11.0. The highest BCUT2D eigenvalue weighted by molar-refractivity contribution is 6.35. The van der Waals surface area contributed by atoms with Crippen LogP contribution in [0.4, 0.5) is 5.69 Å². The number of hydrogen-bond acceptors (Lipinski definition) is 4. The van der Waals surface area contributed by atoms with Crippen LogP contribution in [-0.2, 0) is 0 Å². The number of hydrogen-bond donors (Lipinski definition) is 1. The second-order valence-electron chi connectivity index (χ2n) is 6.44. The zero-order chi connectivity index (χ0) is 19.8. The van der Waals surface area contributed by atoms with Gasteiger partial charge >= 0.3 is 0 Å². The Kier molecular flexibility index (Phi) is 4.79. The van der Waals surface area contributed by atoms with Gasteiger partial charge in [-0.15, -0.1) is 0 Å². The number of nitrogens with zero attached hydrogens (tertiary/aromatic N) is 2. The molecule has 4 rings (SSSR count). The van der Waals surface area contributed by atoms with Crippen molar-refractivity contribution in [2.75, 3.05) is 5.32 Å². The Hall–Kier alpha value is -2.89. The molecule has 2 aromatic carbocycles. The number of carbonyl (C=O) groups is 1. The van der Waals surface area contributed by atoms with E-state index in [4.69, 9.17) is 27.6 Å². The summed E-state index contributed by atoms with van der Waals surface area (Å²) < 4.78 is 5.95. The minimum absolute atomic E-state index is 0.122. The second-order valence-corrected chi connectivity index (χ2v) is 7.20. The summed E-state index contributed by atoms with van der Waals surface area (Å²) in [4.78, 5) is 21.0. The van der Waals surface area contributed by atoms with E-state index in [2.05, 4.69) is 15.3 Å². The lowest BCUT2D eigenvalue weighted by atomic mass is 10.1. The lowest BCUT2D eigenvalue weighted by Crippen LogP contribution is -2.13. The minimum atomic E-state index is -0.402. The first-order valence-electron chi connectivity index (χ1n) is 8.52. The van der Waals surface area contributed by atoms with Crippen molar-refractivity contribution in [3.63, 3.8) is 0 Å². The molecule has 1 amide bonds. The van der Waals surface area contributed by atoms with Gasteiger partial charge in [0.25, 0.3) is 5.91 Å². The molecule has 0 aliphatic rings. The number of aryl methyl sites for hydroxylation is 2. The highest BCUT2D eigenvalue weighted by Crippen LogP contribution is 2.32. The van der Waals surface area contributed by atoms with Crippen molar-refractivity contribution in [3.05, 3.63) is 75.5 Å². The molecule has 0 aliphatic heterocycles. The Morgan fingerprint density at radius 3 is 2.71 bits per heavy atom. The first kappa shape index (κ1) is 18.5. The molecule has 5 nitrogen and oxygen atoms in total. The Morgan fingerprint density at radius 2 is 1.93 bits per heavy atom. The maximum absolute atomic E-state index is 12.5. The van der Waals surface area contributed by atoms with Gasteiger partial charge < -0.3 is 9.73 Å². The van der Waals surface area contributed by atoms with Gasteiger partial charge in [-0.2, -0.15) is 0 Å². The van der Waals surface area contributed by atoms with Crippen LogP contribution in [0.5, 0.6) is 0 Å². The molecule has 0 unspecified atom stereocenters. The van der Waals surface area contributed by atoms with E-state index in [1.807, 2.05) is 26.0 Å². The van der Waals surface area contributed by atoms with Gasteiger partial charge in [0.05, 0.1) is 16.3 Å². The van der Waals surface area contributed by atoms with Crippen LogP contribution in [0, 0.1) is 13.8 Å². The molecule has 0 fully saturated rings. The van der Waals surface area contributed by atoms with E-state index in [0.717, 1.165) is 22.2 Å². The third kappa shape index (κ3) is 3.46. The number of amides is 1. The van der Waals surface area contributed by atoms with Gasteiger partial charge in [0.15, 0.2) is 5.58 Å². The number of halogens is 2. The van der Waals surface area contributed by atoms with E-state index in [9.17, 15) is 4.79 Å². The fourth-order valence-electron chi connectivity index (χ4n) is 3.00. The molecule has 2 heterocycles. The summed E-state index contributed by atoms with van der Waals surface area (Å²) in [5, 5.41) is 3.28. The van der Waals surface area contributed by atoms with Gasteiger partial charge in [-0.25, -0.2) is 9.97 Å². The van der Waals surface area contributed by atoms with E-state index in [0.29, 0.717) is 22.2 Å². The number of fused-ring (bicyclic) bond motifs is 1. The van der Waals surface area contributed by atoms with Crippen LogP contribution in [0.3, 0.4) is 0 Å². The maximum atomic E-state index is 12.5. The molecule has 1 N–H and O–H groups in total. The molecule has 140 valence electrons. The Bertz CT molecular complexity index is 1220. The minimum Gasteiger partial charge on any atom is -0.436 e. The molecule has 0 radical (unpaired) electrons. The van der Waals surface area contributed by atoms with E-state index in [1.54, 1.807) is 30.3 Å². The standard InChI is InChI=1S/C21H15Cl2N3O2/c1-11-8-12(2)18-17(9-11)26-21(28-18)13-5-6-15(22)16(10-13)25-20(27)14-4-3-7-24-19(14)23/h3-10H,1-2H3,(H,25,27). The van der Waals surface area contributed by atoms with Gasteiger partial charge in [-0.3, -0.25) is 4.79 Å². The number of aromatic nitrogens is 2. The number of carbonyl (C=O) groups excluding carboxylic acids is 1. The largest absolute Gasteiger partial charge is 0.436 e. The van der Waals surface area contributed by atoms with Crippen LogP contribution in [0.15, 0.2) is 53.1 Å². The quantitative estimate of drug-likeness (QED) is 0.415. The first-order chi connectivity index (χ1) is 13.4. The molecule has 0 atom stereocenters. The molecular formula is C21H15Cl2N3O2. The SMILES string of the molecule is Cc1cc(C)c2oc(-c3ccc(Cl)c(NC(=O)c4cccnc4Cl)c3)nc2c1. The molecule has 0 saturated carbocycles. The van der Waals surface area contributed by atoms with Crippen molar-refractivity contribution in [1.29, 1.82) is 0 Å². The number of pyridine rings is 1. The third-order valence-corrected chi connectivity index (χ3v) is 4.92. The highest BCUT2D eigenvalue weighted by atomic mass is 35.5. The average Bonchev–Trinajstić information content (AvgIpc) is 3.08. The second kappa shape index (κ2) is 7.26. The van der Waals surface area contributed by atoms with Gasteiger partial charge in [0, 0.05) is 11.8 Å². The van der Waals surface area contributed by atoms with Crippen molar-refractivity contribution < 1.29 is 9.21 Å².